The zero-order valence-corrected chi connectivity index (χ0v) is 21.3. The van der Waals surface area contributed by atoms with Gasteiger partial charge in [-0.05, 0) is 64.8 Å². The highest BCUT2D eigenvalue weighted by Gasteiger charge is 2.50. The van der Waals surface area contributed by atoms with Gasteiger partial charge in [-0.3, -0.25) is 15.5 Å². The third kappa shape index (κ3) is 5.73. The van der Waals surface area contributed by atoms with Crippen molar-refractivity contribution in [2.75, 3.05) is 53.4 Å². The van der Waals surface area contributed by atoms with Gasteiger partial charge in [-0.15, -0.1) is 0 Å². The number of carbonyl (C=O) groups excluding carboxylic acids is 1. The molecule has 190 valence electrons. The van der Waals surface area contributed by atoms with Crippen LogP contribution in [0.25, 0.3) is 0 Å². The van der Waals surface area contributed by atoms with Crippen LogP contribution in [0.4, 0.5) is 0 Å². The highest BCUT2D eigenvalue weighted by molar-refractivity contribution is 5.80. The Kier molecular flexibility index (Phi) is 8.68. The lowest BCUT2D eigenvalue weighted by atomic mass is 9.71. The number of methoxy groups -OCH3 is 1. The number of carbonyl (C=O) groups is 1. The van der Waals surface area contributed by atoms with E-state index >= 15 is 0 Å². The number of hydrogen-bond donors (Lipinski definition) is 3. The number of nitrogens with two attached hydrogens (primary N) is 1. The molecule has 4 aliphatic rings. The van der Waals surface area contributed by atoms with Crippen LogP contribution in [-0.2, 0) is 9.53 Å². The Morgan fingerprint density at radius 1 is 1.24 bits per heavy atom. The van der Waals surface area contributed by atoms with E-state index in [0.29, 0.717) is 29.8 Å². The highest BCUT2D eigenvalue weighted by Crippen LogP contribution is 2.40. The van der Waals surface area contributed by atoms with Crippen LogP contribution in [0.3, 0.4) is 0 Å². The number of amides is 1. The first-order chi connectivity index (χ1) is 15.9. The van der Waals surface area contributed by atoms with Crippen LogP contribution >= 0.6 is 0 Å². The molecule has 0 aromatic heterocycles. The van der Waals surface area contributed by atoms with Gasteiger partial charge in [0.05, 0.1) is 12.3 Å². The lowest BCUT2D eigenvalue weighted by Gasteiger charge is -2.46. The fraction of sp³-hybridized carbons (Fsp3) is 0.960. The summed E-state index contributed by atoms with van der Waals surface area (Å²) in [5.74, 6) is 2.16. The minimum atomic E-state index is 0.0911. The average molecular weight is 465 g/mol. The summed E-state index contributed by atoms with van der Waals surface area (Å²) in [5.41, 5.74) is 9.40. The molecule has 7 unspecified atom stereocenters. The van der Waals surface area contributed by atoms with E-state index in [1.807, 2.05) is 0 Å². The molecule has 33 heavy (non-hydrogen) atoms. The van der Waals surface area contributed by atoms with Gasteiger partial charge in [0.15, 0.2) is 0 Å². The largest absolute Gasteiger partial charge is 0.380 e. The Bertz CT molecular complexity index is 648. The van der Waals surface area contributed by atoms with Crippen LogP contribution in [0, 0.1) is 23.7 Å². The number of likely N-dealkylation sites (N-methyl/N-ethyl adjacent to an activating group) is 1. The first-order valence-electron chi connectivity index (χ1n) is 13.4. The summed E-state index contributed by atoms with van der Waals surface area (Å²) in [5, 5.41) is 6.41. The maximum absolute atomic E-state index is 13.8. The van der Waals surface area contributed by atoms with Gasteiger partial charge in [0.25, 0.3) is 0 Å². The first kappa shape index (κ1) is 25.3. The van der Waals surface area contributed by atoms with E-state index in [2.05, 4.69) is 46.4 Å². The second-order valence-electron chi connectivity index (χ2n) is 11.4. The zero-order valence-electron chi connectivity index (χ0n) is 21.3. The lowest BCUT2D eigenvalue weighted by Crippen LogP contribution is -2.62. The molecule has 4 fully saturated rings. The normalized spacial score (nSPS) is 37.8. The number of hydrogen-bond acceptors (Lipinski definition) is 7. The molecule has 0 aromatic carbocycles. The van der Waals surface area contributed by atoms with Crippen molar-refractivity contribution in [3.8, 4) is 0 Å². The zero-order chi connectivity index (χ0) is 23.5. The smallest absolute Gasteiger partial charge is 0.226 e. The van der Waals surface area contributed by atoms with Crippen molar-refractivity contribution in [1.82, 2.24) is 25.6 Å². The van der Waals surface area contributed by atoms with Crippen LogP contribution < -0.4 is 16.5 Å². The standard InChI is InChI=1S/C25H48N6O2/c1-17(2)31-24-22(14-27-31)21(25(32)30-10-8-20(16-30)33-4)13-23(28-24)19-7-5-6-18(12-19)15-29(3)11-9-26/h17-24,27-28H,5-16,26H2,1-4H3. The molecule has 1 saturated carbocycles. The van der Waals surface area contributed by atoms with E-state index in [-0.39, 0.29) is 18.2 Å². The molecule has 0 bridgehead atoms. The van der Waals surface area contributed by atoms with Crippen molar-refractivity contribution in [1.29, 1.82) is 0 Å². The molecule has 4 N–H and O–H groups in total. The lowest BCUT2D eigenvalue weighted by molar-refractivity contribution is -0.139. The summed E-state index contributed by atoms with van der Waals surface area (Å²) in [6.45, 7) is 9.79. The monoisotopic (exact) mass is 464 g/mol. The van der Waals surface area contributed by atoms with E-state index in [4.69, 9.17) is 10.5 Å². The van der Waals surface area contributed by atoms with Crippen molar-refractivity contribution in [3.05, 3.63) is 0 Å². The number of fused-ring (bicyclic) bond motifs is 1. The summed E-state index contributed by atoms with van der Waals surface area (Å²) < 4.78 is 5.55. The van der Waals surface area contributed by atoms with Gasteiger partial charge in [0.2, 0.25) is 5.91 Å². The van der Waals surface area contributed by atoms with Crippen LogP contribution in [-0.4, -0.2) is 98.5 Å². The van der Waals surface area contributed by atoms with Gasteiger partial charge in [0, 0.05) is 70.3 Å². The molecule has 8 heteroatoms. The predicted octanol–water partition coefficient (Wildman–Crippen LogP) is 1.08. The Morgan fingerprint density at radius 2 is 2.06 bits per heavy atom. The number of nitrogens with zero attached hydrogens (tertiary/aromatic N) is 3. The Hall–Kier alpha value is -0.770. The quantitative estimate of drug-likeness (QED) is 0.496. The summed E-state index contributed by atoms with van der Waals surface area (Å²) in [6, 6.07) is 0.806. The summed E-state index contributed by atoms with van der Waals surface area (Å²) in [4.78, 5) is 18.2. The van der Waals surface area contributed by atoms with Gasteiger partial charge < -0.3 is 20.3 Å². The molecule has 7 atom stereocenters. The molecular weight excluding hydrogens is 416 g/mol. The maximum Gasteiger partial charge on any atom is 0.226 e. The van der Waals surface area contributed by atoms with Crippen LogP contribution in [0.1, 0.15) is 52.4 Å². The Balaban J connectivity index is 1.47. The SMILES string of the molecule is COC1CCN(C(=O)C2CC(C3CCCC(CN(C)CCN)C3)NC3C2CNN3C(C)C)C1. The Labute approximate surface area is 200 Å². The van der Waals surface area contributed by atoms with Crippen LogP contribution in [0.2, 0.25) is 0 Å². The fourth-order valence-electron chi connectivity index (χ4n) is 7.02. The third-order valence-corrected chi connectivity index (χ3v) is 8.76. The fourth-order valence-corrected chi connectivity index (χ4v) is 7.02. The maximum atomic E-state index is 13.8. The topological polar surface area (TPSA) is 86.1 Å². The molecule has 3 heterocycles. The van der Waals surface area contributed by atoms with E-state index < -0.39 is 0 Å². The molecule has 3 aliphatic heterocycles. The molecule has 1 amide bonds. The van der Waals surface area contributed by atoms with E-state index in [0.717, 1.165) is 58.0 Å². The number of likely N-dealkylation sites (tertiary alicyclic amines) is 1. The minimum absolute atomic E-state index is 0.0911. The van der Waals surface area contributed by atoms with Crippen molar-refractivity contribution in [2.24, 2.45) is 29.4 Å². The van der Waals surface area contributed by atoms with Crippen LogP contribution in [0.5, 0.6) is 0 Å². The molecule has 0 aromatic rings. The Morgan fingerprint density at radius 3 is 2.76 bits per heavy atom. The molecule has 0 spiro atoms. The molecule has 3 saturated heterocycles. The first-order valence-corrected chi connectivity index (χ1v) is 13.4. The molecule has 1 aliphatic carbocycles. The van der Waals surface area contributed by atoms with Crippen molar-refractivity contribution in [2.45, 2.75) is 76.7 Å². The number of rotatable bonds is 8. The average Bonchev–Trinajstić information content (AvgIpc) is 3.45. The third-order valence-electron chi connectivity index (χ3n) is 8.76. The number of piperidine rings is 1. The van der Waals surface area contributed by atoms with E-state index in [9.17, 15) is 4.79 Å². The minimum Gasteiger partial charge on any atom is -0.380 e. The summed E-state index contributed by atoms with van der Waals surface area (Å²) in [6.07, 6.45) is 7.51. The van der Waals surface area contributed by atoms with Gasteiger partial charge in [-0.2, -0.15) is 0 Å². The van der Waals surface area contributed by atoms with E-state index in [1.54, 1.807) is 7.11 Å². The van der Waals surface area contributed by atoms with E-state index in [1.165, 1.54) is 25.7 Å². The number of ether oxygens (including phenoxy) is 1. The number of hydrazine groups is 1. The highest BCUT2D eigenvalue weighted by atomic mass is 16.5. The van der Waals surface area contributed by atoms with Crippen molar-refractivity contribution >= 4 is 5.91 Å². The number of nitrogens with one attached hydrogen (secondary N) is 2. The van der Waals surface area contributed by atoms with Gasteiger partial charge in [-0.1, -0.05) is 6.42 Å². The molecule has 8 nitrogen and oxygen atoms in total. The van der Waals surface area contributed by atoms with Crippen molar-refractivity contribution < 1.29 is 9.53 Å². The second kappa shape index (κ2) is 11.3. The molecular formula is C25H48N6O2. The van der Waals surface area contributed by atoms with Gasteiger partial charge in [0.1, 0.15) is 0 Å². The van der Waals surface area contributed by atoms with Crippen molar-refractivity contribution in [3.63, 3.8) is 0 Å². The summed E-state index contributed by atoms with van der Waals surface area (Å²) >= 11 is 0. The summed E-state index contributed by atoms with van der Waals surface area (Å²) in [7, 11) is 3.96. The molecule has 4 rings (SSSR count). The molecule has 0 radical (unpaired) electrons. The second-order valence-corrected chi connectivity index (χ2v) is 11.4. The predicted molar refractivity (Wildman–Crippen MR) is 131 cm³/mol. The van der Waals surface area contributed by atoms with Gasteiger partial charge >= 0.3 is 0 Å². The van der Waals surface area contributed by atoms with Crippen LogP contribution in [0.15, 0.2) is 0 Å². The van der Waals surface area contributed by atoms with Gasteiger partial charge in [-0.25, -0.2) is 5.01 Å².